The predicted octanol–water partition coefficient (Wildman–Crippen LogP) is 2.17. The highest BCUT2D eigenvalue weighted by atomic mass is 32.2. The number of hydrogen-bond donors (Lipinski definition) is 0. The standard InChI is InChI=1S/C14H13N3O2S/c1-11-6-8-12(9-7-11)20(18,19)10-17-14-5-3-2-4-13(14)15-16-17/h2-9H,10H2,1H3. The number of para-hydroxylation sites is 1. The van der Waals surface area contributed by atoms with Crippen molar-refractivity contribution in [1.82, 2.24) is 15.0 Å². The van der Waals surface area contributed by atoms with Crippen LogP contribution in [0.15, 0.2) is 53.4 Å². The Morgan fingerprint density at radius 1 is 1.05 bits per heavy atom. The maximum Gasteiger partial charge on any atom is 0.198 e. The van der Waals surface area contributed by atoms with E-state index in [2.05, 4.69) is 10.3 Å². The minimum atomic E-state index is -3.43. The average Bonchev–Trinajstić information content (AvgIpc) is 2.82. The lowest BCUT2D eigenvalue weighted by atomic mass is 10.2. The summed E-state index contributed by atoms with van der Waals surface area (Å²) in [6, 6.07) is 14.1. The molecule has 0 aliphatic carbocycles. The Kier molecular flexibility index (Phi) is 3.02. The fraction of sp³-hybridized carbons (Fsp3) is 0.143. The Labute approximate surface area is 116 Å². The lowest BCUT2D eigenvalue weighted by Crippen LogP contribution is -2.12. The number of hydrogen-bond acceptors (Lipinski definition) is 4. The molecule has 0 radical (unpaired) electrons. The van der Waals surface area contributed by atoms with Gasteiger partial charge >= 0.3 is 0 Å². The summed E-state index contributed by atoms with van der Waals surface area (Å²) < 4.78 is 26.1. The van der Waals surface area contributed by atoms with Gasteiger partial charge in [-0.1, -0.05) is 35.0 Å². The van der Waals surface area contributed by atoms with Crippen LogP contribution in [0.1, 0.15) is 5.56 Å². The highest BCUT2D eigenvalue weighted by Gasteiger charge is 2.17. The Morgan fingerprint density at radius 2 is 1.75 bits per heavy atom. The molecule has 0 atom stereocenters. The summed E-state index contributed by atoms with van der Waals surface area (Å²) in [5, 5.41) is 7.87. The van der Waals surface area contributed by atoms with Crippen molar-refractivity contribution in [2.75, 3.05) is 0 Å². The monoisotopic (exact) mass is 287 g/mol. The number of sulfone groups is 1. The van der Waals surface area contributed by atoms with Crippen molar-refractivity contribution in [2.45, 2.75) is 17.7 Å². The van der Waals surface area contributed by atoms with E-state index in [-0.39, 0.29) is 5.88 Å². The van der Waals surface area contributed by atoms with Crippen molar-refractivity contribution >= 4 is 20.9 Å². The molecule has 0 saturated heterocycles. The molecular weight excluding hydrogens is 274 g/mol. The molecule has 3 rings (SSSR count). The van der Waals surface area contributed by atoms with E-state index in [1.54, 1.807) is 36.4 Å². The second-order valence-electron chi connectivity index (χ2n) is 4.63. The smallest absolute Gasteiger partial charge is 0.198 e. The van der Waals surface area contributed by atoms with Gasteiger partial charge in [-0.3, -0.25) is 0 Å². The predicted molar refractivity (Wildman–Crippen MR) is 75.9 cm³/mol. The summed E-state index contributed by atoms with van der Waals surface area (Å²) in [5.41, 5.74) is 2.42. The summed E-state index contributed by atoms with van der Waals surface area (Å²) in [4.78, 5) is 0.294. The largest absolute Gasteiger partial charge is 0.229 e. The van der Waals surface area contributed by atoms with Gasteiger partial charge in [-0.2, -0.15) is 0 Å². The topological polar surface area (TPSA) is 64.8 Å². The second-order valence-corrected chi connectivity index (χ2v) is 6.59. The SMILES string of the molecule is Cc1ccc(S(=O)(=O)Cn2nnc3ccccc32)cc1. The Bertz CT molecular complexity index is 852. The third kappa shape index (κ3) is 2.30. The Hall–Kier alpha value is -2.21. The summed E-state index contributed by atoms with van der Waals surface area (Å²) in [6.45, 7) is 1.92. The summed E-state index contributed by atoms with van der Waals surface area (Å²) in [5.74, 6) is -0.212. The summed E-state index contributed by atoms with van der Waals surface area (Å²) in [6.07, 6.45) is 0. The number of rotatable bonds is 3. The van der Waals surface area contributed by atoms with Gasteiger partial charge in [-0.25, -0.2) is 13.1 Å². The first-order chi connectivity index (χ1) is 9.56. The van der Waals surface area contributed by atoms with Gasteiger partial charge < -0.3 is 0 Å². The minimum Gasteiger partial charge on any atom is -0.229 e. The molecule has 1 aromatic heterocycles. The molecule has 0 bridgehead atoms. The van der Waals surface area contributed by atoms with Crippen molar-refractivity contribution in [3.8, 4) is 0 Å². The maximum atomic E-state index is 12.4. The molecule has 1 heterocycles. The van der Waals surface area contributed by atoms with Crippen LogP contribution in [-0.4, -0.2) is 23.4 Å². The molecule has 0 saturated carbocycles. The van der Waals surface area contributed by atoms with Crippen molar-refractivity contribution in [3.63, 3.8) is 0 Å². The van der Waals surface area contributed by atoms with Crippen LogP contribution in [-0.2, 0) is 15.7 Å². The van der Waals surface area contributed by atoms with Crippen LogP contribution in [0.25, 0.3) is 11.0 Å². The van der Waals surface area contributed by atoms with Crippen molar-refractivity contribution in [3.05, 3.63) is 54.1 Å². The van der Waals surface area contributed by atoms with Gasteiger partial charge in [0, 0.05) is 0 Å². The highest BCUT2D eigenvalue weighted by Crippen LogP contribution is 2.16. The fourth-order valence-electron chi connectivity index (χ4n) is 1.99. The van der Waals surface area contributed by atoms with E-state index in [4.69, 9.17) is 0 Å². The van der Waals surface area contributed by atoms with Crippen LogP contribution in [0.2, 0.25) is 0 Å². The van der Waals surface area contributed by atoms with Gasteiger partial charge in [-0.15, -0.1) is 5.10 Å². The van der Waals surface area contributed by atoms with Gasteiger partial charge in [0.2, 0.25) is 0 Å². The van der Waals surface area contributed by atoms with Crippen LogP contribution in [0.5, 0.6) is 0 Å². The van der Waals surface area contributed by atoms with Crippen LogP contribution >= 0.6 is 0 Å². The van der Waals surface area contributed by atoms with E-state index in [0.29, 0.717) is 15.9 Å². The van der Waals surface area contributed by atoms with Gasteiger partial charge in [0.25, 0.3) is 0 Å². The number of aromatic nitrogens is 3. The van der Waals surface area contributed by atoms with Crippen LogP contribution in [0.3, 0.4) is 0 Å². The maximum absolute atomic E-state index is 12.4. The van der Waals surface area contributed by atoms with E-state index < -0.39 is 9.84 Å². The van der Waals surface area contributed by atoms with Gasteiger partial charge in [-0.05, 0) is 31.2 Å². The molecule has 0 unspecified atom stereocenters. The van der Waals surface area contributed by atoms with Crippen molar-refractivity contribution in [2.24, 2.45) is 0 Å². The first-order valence-corrected chi connectivity index (χ1v) is 7.79. The third-order valence-electron chi connectivity index (χ3n) is 3.09. The van der Waals surface area contributed by atoms with Crippen LogP contribution in [0, 0.1) is 6.92 Å². The normalized spacial score (nSPS) is 11.8. The van der Waals surface area contributed by atoms with E-state index >= 15 is 0 Å². The van der Waals surface area contributed by atoms with Gasteiger partial charge in [0.15, 0.2) is 9.84 Å². The molecule has 2 aromatic carbocycles. The molecule has 0 aliphatic heterocycles. The number of fused-ring (bicyclic) bond motifs is 1. The molecule has 5 nitrogen and oxygen atoms in total. The molecule has 0 N–H and O–H groups in total. The molecule has 0 aliphatic rings. The number of benzene rings is 2. The lowest BCUT2D eigenvalue weighted by molar-refractivity contribution is 0.574. The van der Waals surface area contributed by atoms with Crippen molar-refractivity contribution in [1.29, 1.82) is 0 Å². The summed E-state index contributed by atoms with van der Waals surface area (Å²) >= 11 is 0. The highest BCUT2D eigenvalue weighted by molar-refractivity contribution is 7.90. The summed E-state index contributed by atoms with van der Waals surface area (Å²) in [7, 11) is -3.43. The fourth-order valence-corrected chi connectivity index (χ4v) is 3.21. The van der Waals surface area contributed by atoms with E-state index in [1.807, 2.05) is 19.1 Å². The van der Waals surface area contributed by atoms with Crippen LogP contribution in [0.4, 0.5) is 0 Å². The Balaban J connectivity index is 1.99. The van der Waals surface area contributed by atoms with Crippen LogP contribution < -0.4 is 0 Å². The quantitative estimate of drug-likeness (QED) is 0.740. The van der Waals surface area contributed by atoms with E-state index in [9.17, 15) is 8.42 Å². The molecular formula is C14H13N3O2S. The zero-order valence-electron chi connectivity index (χ0n) is 10.9. The molecule has 0 amide bonds. The molecule has 20 heavy (non-hydrogen) atoms. The number of aryl methyl sites for hydroxylation is 1. The molecule has 6 heteroatoms. The molecule has 0 fully saturated rings. The first kappa shape index (κ1) is 12.8. The zero-order valence-corrected chi connectivity index (χ0v) is 11.7. The molecule has 102 valence electrons. The minimum absolute atomic E-state index is 0.212. The average molecular weight is 287 g/mol. The lowest BCUT2D eigenvalue weighted by Gasteiger charge is -2.05. The first-order valence-electron chi connectivity index (χ1n) is 6.14. The molecule has 0 spiro atoms. The van der Waals surface area contributed by atoms with Gasteiger partial charge in [0.05, 0.1) is 10.4 Å². The third-order valence-corrected chi connectivity index (χ3v) is 4.67. The Morgan fingerprint density at radius 3 is 2.50 bits per heavy atom. The number of nitrogens with zero attached hydrogens (tertiary/aromatic N) is 3. The van der Waals surface area contributed by atoms with Gasteiger partial charge in [0.1, 0.15) is 11.4 Å². The zero-order chi connectivity index (χ0) is 14.2. The molecule has 3 aromatic rings. The van der Waals surface area contributed by atoms with Crippen molar-refractivity contribution < 1.29 is 8.42 Å². The van der Waals surface area contributed by atoms with E-state index in [1.165, 1.54) is 4.68 Å². The van der Waals surface area contributed by atoms with E-state index in [0.717, 1.165) is 5.56 Å². The second kappa shape index (κ2) is 4.72.